The number of rotatable bonds is 3. The molecule has 0 saturated carbocycles. The molecular weight excluding hydrogens is 234 g/mol. The molecule has 0 amide bonds. The first-order valence-electron chi connectivity index (χ1n) is 5.79. The van der Waals surface area contributed by atoms with Crippen LogP contribution < -0.4 is 4.74 Å². The van der Waals surface area contributed by atoms with Crippen LogP contribution in [0.4, 0.5) is 8.78 Å². The smallest absolute Gasteiger partial charge is 0.168 e. The van der Waals surface area contributed by atoms with E-state index in [2.05, 4.69) is 0 Å². The van der Waals surface area contributed by atoms with E-state index in [0.29, 0.717) is 5.75 Å². The highest BCUT2D eigenvalue weighted by atomic mass is 19.1. The highest BCUT2D eigenvalue weighted by Gasteiger charge is 2.11. The first-order chi connectivity index (χ1) is 8.58. The Hall–Kier alpha value is -1.90. The average molecular weight is 248 g/mol. The lowest BCUT2D eigenvalue weighted by Gasteiger charge is -2.13. The fraction of sp³-hybridized carbons (Fsp3) is 0.200. The summed E-state index contributed by atoms with van der Waals surface area (Å²) in [6.45, 7) is 4.06. The van der Waals surface area contributed by atoms with Gasteiger partial charge in [-0.25, -0.2) is 8.78 Å². The van der Waals surface area contributed by atoms with E-state index in [4.69, 9.17) is 4.74 Å². The molecule has 2 aromatic rings. The van der Waals surface area contributed by atoms with Crippen molar-refractivity contribution in [2.45, 2.75) is 19.8 Å². The first kappa shape index (κ1) is 12.6. The maximum atomic E-state index is 13.5. The molecule has 94 valence electrons. The van der Waals surface area contributed by atoms with Crippen molar-refractivity contribution in [3.63, 3.8) is 0 Å². The highest BCUT2D eigenvalue weighted by Crippen LogP contribution is 2.31. The van der Waals surface area contributed by atoms with E-state index >= 15 is 0 Å². The minimum Gasteiger partial charge on any atom is -0.454 e. The Bertz CT molecular complexity index is 550. The number of hydrogen-bond acceptors (Lipinski definition) is 1. The second kappa shape index (κ2) is 5.17. The van der Waals surface area contributed by atoms with Crippen molar-refractivity contribution < 1.29 is 13.5 Å². The third-order valence-electron chi connectivity index (χ3n) is 2.65. The zero-order chi connectivity index (χ0) is 13.1. The zero-order valence-electron chi connectivity index (χ0n) is 10.3. The predicted octanol–water partition coefficient (Wildman–Crippen LogP) is 4.88. The van der Waals surface area contributed by atoms with Crippen molar-refractivity contribution >= 4 is 0 Å². The third kappa shape index (κ3) is 2.67. The van der Waals surface area contributed by atoms with Crippen LogP contribution in [0.1, 0.15) is 25.3 Å². The van der Waals surface area contributed by atoms with Crippen molar-refractivity contribution in [2.75, 3.05) is 0 Å². The van der Waals surface area contributed by atoms with E-state index in [1.807, 2.05) is 32.0 Å². The molecule has 18 heavy (non-hydrogen) atoms. The van der Waals surface area contributed by atoms with Crippen molar-refractivity contribution in [3.05, 3.63) is 59.7 Å². The molecule has 2 rings (SSSR count). The van der Waals surface area contributed by atoms with Gasteiger partial charge in [0.05, 0.1) is 0 Å². The standard InChI is InChI=1S/C15H14F2O/c1-10(2)12-5-3-4-6-14(12)18-15-8-7-11(16)9-13(15)17/h3-10H,1-2H3. The zero-order valence-corrected chi connectivity index (χ0v) is 10.3. The van der Waals surface area contributed by atoms with Crippen molar-refractivity contribution in [2.24, 2.45) is 0 Å². The maximum absolute atomic E-state index is 13.5. The summed E-state index contributed by atoms with van der Waals surface area (Å²) in [7, 11) is 0. The number of benzene rings is 2. The van der Waals surface area contributed by atoms with Crippen LogP contribution in [0.5, 0.6) is 11.5 Å². The molecule has 0 heterocycles. The highest BCUT2D eigenvalue weighted by molar-refractivity contribution is 5.39. The van der Waals surface area contributed by atoms with Crippen molar-refractivity contribution in [1.82, 2.24) is 0 Å². The van der Waals surface area contributed by atoms with Gasteiger partial charge in [-0.15, -0.1) is 0 Å². The van der Waals surface area contributed by atoms with E-state index < -0.39 is 11.6 Å². The molecule has 0 unspecified atom stereocenters. The van der Waals surface area contributed by atoms with Crippen LogP contribution in [0.25, 0.3) is 0 Å². The number of para-hydroxylation sites is 1. The van der Waals surface area contributed by atoms with Crippen molar-refractivity contribution in [3.8, 4) is 11.5 Å². The molecule has 0 aliphatic heterocycles. The van der Waals surface area contributed by atoms with Crippen LogP contribution in [0.2, 0.25) is 0 Å². The molecule has 0 aliphatic rings. The van der Waals surface area contributed by atoms with E-state index in [0.717, 1.165) is 11.6 Å². The number of ether oxygens (including phenoxy) is 1. The molecule has 0 fully saturated rings. The summed E-state index contributed by atoms with van der Waals surface area (Å²) >= 11 is 0. The van der Waals surface area contributed by atoms with Gasteiger partial charge in [-0.3, -0.25) is 0 Å². The third-order valence-corrected chi connectivity index (χ3v) is 2.65. The fourth-order valence-electron chi connectivity index (χ4n) is 1.73. The summed E-state index contributed by atoms with van der Waals surface area (Å²) in [5.41, 5.74) is 0.987. The van der Waals surface area contributed by atoms with Crippen LogP contribution >= 0.6 is 0 Å². The molecule has 0 aliphatic carbocycles. The molecule has 0 aromatic heterocycles. The second-order valence-electron chi connectivity index (χ2n) is 4.37. The van der Waals surface area contributed by atoms with Gasteiger partial charge in [-0.1, -0.05) is 32.0 Å². The van der Waals surface area contributed by atoms with Gasteiger partial charge in [0.1, 0.15) is 11.6 Å². The molecule has 0 atom stereocenters. The molecule has 3 heteroatoms. The second-order valence-corrected chi connectivity index (χ2v) is 4.37. The SMILES string of the molecule is CC(C)c1ccccc1Oc1ccc(F)cc1F. The minimum atomic E-state index is -0.700. The van der Waals surface area contributed by atoms with Gasteiger partial charge >= 0.3 is 0 Å². The van der Waals surface area contributed by atoms with Crippen LogP contribution in [0, 0.1) is 11.6 Å². The Kier molecular flexibility index (Phi) is 3.60. The van der Waals surface area contributed by atoms with Gasteiger partial charge in [0, 0.05) is 6.07 Å². The average Bonchev–Trinajstić information content (AvgIpc) is 2.33. The molecule has 0 radical (unpaired) electrons. The molecule has 0 spiro atoms. The van der Waals surface area contributed by atoms with Gasteiger partial charge in [0.15, 0.2) is 11.6 Å². The summed E-state index contributed by atoms with van der Waals surface area (Å²) in [6.07, 6.45) is 0. The topological polar surface area (TPSA) is 9.23 Å². The Morgan fingerprint density at radius 1 is 0.944 bits per heavy atom. The largest absolute Gasteiger partial charge is 0.454 e. The van der Waals surface area contributed by atoms with Crippen LogP contribution in [-0.2, 0) is 0 Å². The molecule has 0 saturated heterocycles. The van der Waals surface area contributed by atoms with E-state index in [1.54, 1.807) is 6.07 Å². The summed E-state index contributed by atoms with van der Waals surface area (Å²) in [6, 6.07) is 10.7. The van der Waals surface area contributed by atoms with Gasteiger partial charge in [-0.2, -0.15) is 0 Å². The molecular formula is C15H14F2O. The Balaban J connectivity index is 2.34. The molecule has 2 aromatic carbocycles. The summed E-state index contributed by atoms with van der Waals surface area (Å²) in [5.74, 6) is -0.419. The predicted molar refractivity (Wildman–Crippen MR) is 67.0 cm³/mol. The lowest BCUT2D eigenvalue weighted by atomic mass is 10.0. The fourth-order valence-corrected chi connectivity index (χ4v) is 1.73. The first-order valence-corrected chi connectivity index (χ1v) is 5.79. The lowest BCUT2D eigenvalue weighted by Crippen LogP contribution is -1.95. The summed E-state index contributed by atoms with van der Waals surface area (Å²) in [5, 5.41) is 0. The summed E-state index contributed by atoms with van der Waals surface area (Å²) < 4.78 is 31.8. The van der Waals surface area contributed by atoms with Gasteiger partial charge in [0.2, 0.25) is 0 Å². The van der Waals surface area contributed by atoms with Gasteiger partial charge in [-0.05, 0) is 29.7 Å². The normalized spacial score (nSPS) is 10.7. The Labute approximate surface area is 105 Å². The Morgan fingerprint density at radius 3 is 2.33 bits per heavy atom. The number of halogens is 2. The maximum Gasteiger partial charge on any atom is 0.168 e. The molecule has 1 nitrogen and oxygen atoms in total. The van der Waals surface area contributed by atoms with E-state index in [-0.39, 0.29) is 11.7 Å². The number of hydrogen-bond donors (Lipinski definition) is 0. The van der Waals surface area contributed by atoms with E-state index in [1.165, 1.54) is 12.1 Å². The van der Waals surface area contributed by atoms with Crippen LogP contribution in [0.3, 0.4) is 0 Å². The molecule has 0 N–H and O–H groups in total. The van der Waals surface area contributed by atoms with E-state index in [9.17, 15) is 8.78 Å². The Morgan fingerprint density at radius 2 is 1.67 bits per heavy atom. The molecule has 0 bridgehead atoms. The van der Waals surface area contributed by atoms with Crippen LogP contribution in [-0.4, -0.2) is 0 Å². The van der Waals surface area contributed by atoms with Crippen LogP contribution in [0.15, 0.2) is 42.5 Å². The van der Waals surface area contributed by atoms with Gasteiger partial charge in [0.25, 0.3) is 0 Å². The monoisotopic (exact) mass is 248 g/mol. The minimum absolute atomic E-state index is 0.0319. The summed E-state index contributed by atoms with van der Waals surface area (Å²) in [4.78, 5) is 0. The quantitative estimate of drug-likeness (QED) is 0.752. The van der Waals surface area contributed by atoms with Gasteiger partial charge < -0.3 is 4.74 Å². The lowest BCUT2D eigenvalue weighted by molar-refractivity contribution is 0.431. The van der Waals surface area contributed by atoms with Crippen molar-refractivity contribution in [1.29, 1.82) is 0 Å².